The third-order valence-corrected chi connectivity index (χ3v) is 3.53. The molecule has 1 aromatic carbocycles. The van der Waals surface area contributed by atoms with E-state index in [2.05, 4.69) is 20.0 Å². The summed E-state index contributed by atoms with van der Waals surface area (Å²) >= 11 is 5.84. The molecular formula is C15H9ClF4N4O. The molecule has 0 N–H and O–H groups in total. The Morgan fingerprint density at radius 1 is 1.20 bits per heavy atom. The first kappa shape index (κ1) is 17.2. The molecule has 2 heterocycles. The molecular weight excluding hydrogens is 364 g/mol. The first-order chi connectivity index (χ1) is 11.9. The SMILES string of the molecule is Cc1c(-c2c(F)cccc2F)nnn1-c1cc(Cl)cnc1OC(F)F. The Bertz CT molecular complexity index is 912. The summed E-state index contributed by atoms with van der Waals surface area (Å²) in [6, 6.07) is 4.63. The maximum absolute atomic E-state index is 14.0. The van der Waals surface area contributed by atoms with Crippen molar-refractivity contribution in [3.8, 4) is 22.8 Å². The molecule has 0 bridgehead atoms. The first-order valence-corrected chi connectivity index (χ1v) is 7.23. The van der Waals surface area contributed by atoms with Crippen molar-refractivity contribution >= 4 is 11.6 Å². The molecule has 25 heavy (non-hydrogen) atoms. The number of nitrogens with zero attached hydrogens (tertiary/aromatic N) is 4. The number of halogens is 5. The Balaban J connectivity index is 2.16. The van der Waals surface area contributed by atoms with E-state index in [0.717, 1.165) is 23.0 Å². The van der Waals surface area contributed by atoms with Crippen LogP contribution < -0.4 is 4.74 Å². The molecule has 5 nitrogen and oxygen atoms in total. The zero-order valence-corrected chi connectivity index (χ0v) is 13.3. The Hall–Kier alpha value is -2.68. The fourth-order valence-electron chi connectivity index (χ4n) is 2.26. The Labute approximate surface area is 143 Å². The van der Waals surface area contributed by atoms with Crippen LogP contribution in [0.15, 0.2) is 30.5 Å². The van der Waals surface area contributed by atoms with E-state index < -0.39 is 24.1 Å². The van der Waals surface area contributed by atoms with E-state index in [1.54, 1.807) is 0 Å². The molecule has 0 unspecified atom stereocenters. The monoisotopic (exact) mass is 372 g/mol. The highest BCUT2D eigenvalue weighted by Gasteiger charge is 2.22. The van der Waals surface area contributed by atoms with E-state index in [4.69, 9.17) is 11.6 Å². The summed E-state index contributed by atoms with van der Waals surface area (Å²) in [7, 11) is 0. The summed E-state index contributed by atoms with van der Waals surface area (Å²) in [6.45, 7) is -1.66. The molecule has 0 aliphatic heterocycles. The van der Waals surface area contributed by atoms with E-state index in [-0.39, 0.29) is 27.7 Å². The fourth-order valence-corrected chi connectivity index (χ4v) is 2.41. The highest BCUT2D eigenvalue weighted by molar-refractivity contribution is 6.30. The van der Waals surface area contributed by atoms with E-state index in [0.29, 0.717) is 0 Å². The standard InChI is InChI=1S/C15H9ClF4N4O/c1-7-13(12-9(17)3-2-4-10(12)18)22-23-24(7)11-5-8(16)6-21-14(11)25-15(19)20/h2-6,15H,1H3. The van der Waals surface area contributed by atoms with Gasteiger partial charge in [-0.3, -0.25) is 0 Å². The topological polar surface area (TPSA) is 52.8 Å². The molecule has 0 aliphatic rings. The van der Waals surface area contributed by atoms with E-state index in [1.165, 1.54) is 19.1 Å². The summed E-state index contributed by atoms with van der Waals surface area (Å²) in [6.07, 6.45) is 1.12. The van der Waals surface area contributed by atoms with Crippen LogP contribution in [0.4, 0.5) is 17.6 Å². The highest BCUT2D eigenvalue weighted by Crippen LogP contribution is 2.31. The molecule has 0 fully saturated rings. The van der Waals surface area contributed by atoms with Crippen molar-refractivity contribution in [2.45, 2.75) is 13.5 Å². The third-order valence-electron chi connectivity index (χ3n) is 3.32. The Kier molecular flexibility index (Phi) is 4.58. The number of aromatic nitrogens is 4. The largest absolute Gasteiger partial charge is 0.415 e. The van der Waals surface area contributed by atoms with Crippen LogP contribution in [0.1, 0.15) is 5.69 Å². The van der Waals surface area contributed by atoms with Gasteiger partial charge in [0.25, 0.3) is 0 Å². The van der Waals surface area contributed by atoms with Crippen LogP contribution in [-0.4, -0.2) is 26.6 Å². The molecule has 0 atom stereocenters. The van der Waals surface area contributed by atoms with Gasteiger partial charge in [0, 0.05) is 6.20 Å². The van der Waals surface area contributed by atoms with Gasteiger partial charge in [0.1, 0.15) is 23.0 Å². The third kappa shape index (κ3) is 3.27. The van der Waals surface area contributed by atoms with Gasteiger partial charge in [-0.25, -0.2) is 18.4 Å². The molecule has 0 spiro atoms. The van der Waals surface area contributed by atoms with Gasteiger partial charge in [-0.2, -0.15) is 8.78 Å². The van der Waals surface area contributed by atoms with Crippen LogP contribution in [0.5, 0.6) is 5.88 Å². The average molecular weight is 373 g/mol. The molecule has 0 aliphatic carbocycles. The summed E-state index contributed by atoms with van der Waals surface area (Å²) < 4.78 is 58.4. The second-order valence-corrected chi connectivity index (χ2v) is 5.32. The van der Waals surface area contributed by atoms with Crippen molar-refractivity contribution in [3.63, 3.8) is 0 Å². The number of benzene rings is 1. The zero-order valence-electron chi connectivity index (χ0n) is 12.6. The predicted octanol–water partition coefficient (Wildman–Crippen LogP) is 4.17. The van der Waals surface area contributed by atoms with Gasteiger partial charge < -0.3 is 4.74 Å². The number of pyridine rings is 1. The maximum Gasteiger partial charge on any atom is 0.388 e. The molecule has 0 amide bonds. The lowest BCUT2D eigenvalue weighted by Crippen LogP contribution is -2.09. The maximum atomic E-state index is 14.0. The molecule has 0 saturated heterocycles. The number of hydrogen-bond donors (Lipinski definition) is 0. The van der Waals surface area contributed by atoms with Crippen molar-refractivity contribution in [2.24, 2.45) is 0 Å². The predicted molar refractivity (Wildman–Crippen MR) is 80.9 cm³/mol. The van der Waals surface area contributed by atoms with Crippen molar-refractivity contribution in [3.05, 3.63) is 52.8 Å². The minimum Gasteiger partial charge on any atom is -0.415 e. The molecule has 0 saturated carbocycles. The molecule has 3 aromatic rings. The lowest BCUT2D eigenvalue weighted by Gasteiger charge is -2.11. The number of hydrogen-bond acceptors (Lipinski definition) is 4. The van der Waals surface area contributed by atoms with E-state index in [9.17, 15) is 17.6 Å². The van der Waals surface area contributed by atoms with Gasteiger partial charge in [-0.05, 0) is 25.1 Å². The van der Waals surface area contributed by atoms with Crippen LogP contribution in [0.25, 0.3) is 16.9 Å². The number of ether oxygens (including phenoxy) is 1. The number of rotatable bonds is 4. The van der Waals surface area contributed by atoms with E-state index in [1.807, 2.05) is 0 Å². The highest BCUT2D eigenvalue weighted by atomic mass is 35.5. The molecule has 130 valence electrons. The summed E-state index contributed by atoms with van der Waals surface area (Å²) in [4.78, 5) is 3.68. The van der Waals surface area contributed by atoms with Crippen molar-refractivity contribution < 1.29 is 22.3 Å². The van der Waals surface area contributed by atoms with Crippen LogP contribution in [0.2, 0.25) is 5.02 Å². The van der Waals surface area contributed by atoms with Crippen LogP contribution in [-0.2, 0) is 0 Å². The quantitative estimate of drug-likeness (QED) is 0.645. The smallest absolute Gasteiger partial charge is 0.388 e. The lowest BCUT2D eigenvalue weighted by molar-refractivity contribution is -0.0529. The second kappa shape index (κ2) is 6.67. The molecule has 2 aromatic heterocycles. The molecule has 10 heteroatoms. The Morgan fingerprint density at radius 2 is 1.88 bits per heavy atom. The van der Waals surface area contributed by atoms with Gasteiger partial charge >= 0.3 is 6.61 Å². The summed E-state index contributed by atoms with van der Waals surface area (Å²) in [5, 5.41) is 7.65. The minimum atomic E-state index is -3.13. The lowest BCUT2D eigenvalue weighted by atomic mass is 10.1. The van der Waals surface area contributed by atoms with Gasteiger partial charge in [-0.15, -0.1) is 5.10 Å². The first-order valence-electron chi connectivity index (χ1n) is 6.86. The fraction of sp³-hybridized carbons (Fsp3) is 0.133. The molecule has 0 radical (unpaired) electrons. The average Bonchev–Trinajstić information content (AvgIpc) is 2.90. The van der Waals surface area contributed by atoms with Crippen molar-refractivity contribution in [1.82, 2.24) is 20.0 Å². The number of alkyl halides is 2. The normalized spacial score (nSPS) is 11.2. The van der Waals surface area contributed by atoms with Crippen molar-refractivity contribution in [2.75, 3.05) is 0 Å². The van der Waals surface area contributed by atoms with Crippen LogP contribution in [0, 0.1) is 18.6 Å². The Morgan fingerprint density at radius 3 is 2.52 bits per heavy atom. The van der Waals surface area contributed by atoms with Crippen molar-refractivity contribution in [1.29, 1.82) is 0 Å². The van der Waals surface area contributed by atoms with Crippen LogP contribution in [0.3, 0.4) is 0 Å². The zero-order chi connectivity index (χ0) is 18.1. The summed E-state index contributed by atoms with van der Waals surface area (Å²) in [5.74, 6) is -2.11. The van der Waals surface area contributed by atoms with Crippen LogP contribution >= 0.6 is 11.6 Å². The minimum absolute atomic E-state index is 0.0409. The van der Waals surface area contributed by atoms with Gasteiger partial charge in [0.15, 0.2) is 0 Å². The van der Waals surface area contributed by atoms with Gasteiger partial charge in [-0.1, -0.05) is 22.9 Å². The summed E-state index contributed by atoms with van der Waals surface area (Å²) in [5.41, 5.74) is -0.316. The molecule has 3 rings (SSSR count). The van der Waals surface area contributed by atoms with E-state index >= 15 is 0 Å². The second-order valence-electron chi connectivity index (χ2n) is 4.89. The van der Waals surface area contributed by atoms with Gasteiger partial charge in [0.2, 0.25) is 5.88 Å². The van der Waals surface area contributed by atoms with Gasteiger partial charge in [0.05, 0.1) is 16.3 Å².